The van der Waals surface area contributed by atoms with E-state index in [1.54, 1.807) is 0 Å². The SMILES string of the molecule is O=C(Nc1c(F)c(F)c(C(F)(F)F)c(F)c1F)c1ccn(COc2ccccc2[N+](=O)[O-])n1. The lowest BCUT2D eigenvalue weighted by Crippen LogP contribution is -2.21. The lowest BCUT2D eigenvalue weighted by molar-refractivity contribution is -0.386. The van der Waals surface area contributed by atoms with E-state index in [0.717, 1.165) is 16.9 Å². The van der Waals surface area contributed by atoms with Crippen molar-refractivity contribution in [3.05, 3.63) is 81.2 Å². The van der Waals surface area contributed by atoms with Gasteiger partial charge in [0.15, 0.2) is 41.4 Å². The first kappa shape index (κ1) is 23.5. The van der Waals surface area contributed by atoms with E-state index in [1.165, 1.54) is 29.6 Å². The number of alkyl halides is 3. The number of rotatable bonds is 6. The molecule has 0 atom stereocenters. The molecular weight excluding hydrogens is 469 g/mol. The molecule has 2 aromatic carbocycles. The minimum Gasteiger partial charge on any atom is -0.464 e. The molecule has 0 spiro atoms. The topological polar surface area (TPSA) is 99.3 Å². The Morgan fingerprint density at radius 1 is 1.06 bits per heavy atom. The Bertz CT molecular complexity index is 1210. The number of nitro groups is 1. The molecule has 0 saturated carbocycles. The van der Waals surface area contributed by atoms with E-state index in [1.807, 2.05) is 0 Å². The maximum Gasteiger partial charge on any atom is 0.422 e. The predicted octanol–water partition coefficient (Wildman–Crippen LogP) is 4.66. The molecule has 0 aliphatic heterocycles. The Morgan fingerprint density at radius 2 is 1.67 bits per heavy atom. The van der Waals surface area contributed by atoms with Gasteiger partial charge in [-0.25, -0.2) is 22.2 Å². The van der Waals surface area contributed by atoms with Crippen molar-refractivity contribution < 1.29 is 45.2 Å². The molecule has 0 radical (unpaired) electrons. The molecule has 0 aliphatic carbocycles. The van der Waals surface area contributed by atoms with Crippen LogP contribution in [0.1, 0.15) is 16.1 Å². The number of anilines is 1. The number of halogens is 7. The van der Waals surface area contributed by atoms with Crippen LogP contribution in [0, 0.1) is 33.4 Å². The average Bonchev–Trinajstić information content (AvgIpc) is 3.22. The number of carbonyl (C=O) groups excluding carboxylic acids is 1. The van der Waals surface area contributed by atoms with Crippen LogP contribution in [-0.2, 0) is 12.9 Å². The van der Waals surface area contributed by atoms with Crippen LogP contribution in [0.25, 0.3) is 0 Å². The second-order valence-corrected chi connectivity index (χ2v) is 6.20. The third-order valence-electron chi connectivity index (χ3n) is 4.07. The van der Waals surface area contributed by atoms with E-state index in [-0.39, 0.29) is 11.4 Å². The summed E-state index contributed by atoms with van der Waals surface area (Å²) in [5.74, 6) is -12.0. The molecule has 3 rings (SSSR count). The number of nitrogens with one attached hydrogen (secondary N) is 1. The molecule has 174 valence electrons. The number of nitrogens with zero attached hydrogens (tertiary/aromatic N) is 3. The maximum absolute atomic E-state index is 13.9. The monoisotopic (exact) mass is 478 g/mol. The van der Waals surface area contributed by atoms with Gasteiger partial charge in [-0.15, -0.1) is 0 Å². The van der Waals surface area contributed by atoms with E-state index in [2.05, 4.69) is 5.10 Å². The fourth-order valence-electron chi connectivity index (χ4n) is 2.59. The number of nitro benzene ring substituents is 1. The third kappa shape index (κ3) is 4.70. The minimum atomic E-state index is -5.73. The Labute approximate surface area is 178 Å². The highest BCUT2D eigenvalue weighted by atomic mass is 19.4. The number of hydrogen-bond donors (Lipinski definition) is 1. The summed E-state index contributed by atoms with van der Waals surface area (Å²) in [6.45, 7) is -0.454. The van der Waals surface area contributed by atoms with Gasteiger partial charge in [-0.1, -0.05) is 12.1 Å². The fraction of sp³-hybridized carbons (Fsp3) is 0.111. The zero-order chi connectivity index (χ0) is 24.5. The second-order valence-electron chi connectivity index (χ2n) is 6.20. The Hall–Kier alpha value is -4.17. The number of ether oxygens (including phenoxy) is 1. The number of para-hydroxylation sites is 2. The summed E-state index contributed by atoms with van der Waals surface area (Å²) >= 11 is 0. The molecule has 8 nitrogen and oxygen atoms in total. The summed E-state index contributed by atoms with van der Waals surface area (Å²) in [6, 6.07) is 6.28. The third-order valence-corrected chi connectivity index (χ3v) is 4.07. The summed E-state index contributed by atoms with van der Waals surface area (Å²) in [7, 11) is 0. The lowest BCUT2D eigenvalue weighted by atomic mass is 10.1. The van der Waals surface area contributed by atoms with Crippen LogP contribution in [0.5, 0.6) is 5.75 Å². The Kier molecular flexibility index (Phi) is 6.23. The molecular formula is C18H9F7N4O4. The van der Waals surface area contributed by atoms with Crippen molar-refractivity contribution in [1.82, 2.24) is 9.78 Å². The van der Waals surface area contributed by atoms with Gasteiger partial charge in [-0.3, -0.25) is 14.9 Å². The zero-order valence-electron chi connectivity index (χ0n) is 15.8. The van der Waals surface area contributed by atoms with Crippen molar-refractivity contribution in [2.24, 2.45) is 0 Å². The van der Waals surface area contributed by atoms with Crippen LogP contribution in [-0.4, -0.2) is 20.6 Å². The van der Waals surface area contributed by atoms with E-state index in [0.29, 0.717) is 0 Å². The molecule has 1 heterocycles. The summed E-state index contributed by atoms with van der Waals surface area (Å²) in [5, 5.41) is 16.0. The second kappa shape index (κ2) is 8.76. The van der Waals surface area contributed by atoms with E-state index in [4.69, 9.17) is 4.74 Å². The van der Waals surface area contributed by atoms with Crippen LogP contribution < -0.4 is 10.1 Å². The first-order chi connectivity index (χ1) is 15.4. The van der Waals surface area contributed by atoms with Gasteiger partial charge in [0, 0.05) is 12.3 Å². The van der Waals surface area contributed by atoms with Gasteiger partial charge >= 0.3 is 11.9 Å². The van der Waals surface area contributed by atoms with Crippen molar-refractivity contribution >= 4 is 17.3 Å². The lowest BCUT2D eigenvalue weighted by Gasteiger charge is -2.14. The van der Waals surface area contributed by atoms with Gasteiger partial charge in [-0.05, 0) is 12.1 Å². The molecule has 1 N–H and O–H groups in total. The molecule has 0 aliphatic rings. The summed E-state index contributed by atoms with van der Waals surface area (Å²) in [5.41, 5.74) is -5.50. The van der Waals surface area contributed by atoms with Gasteiger partial charge in [-0.2, -0.15) is 18.3 Å². The van der Waals surface area contributed by atoms with Crippen LogP contribution >= 0.6 is 0 Å². The summed E-state index contributed by atoms with van der Waals surface area (Å²) in [4.78, 5) is 22.4. The van der Waals surface area contributed by atoms with Gasteiger partial charge in [0.05, 0.1) is 4.92 Å². The van der Waals surface area contributed by atoms with E-state index in [9.17, 15) is 45.6 Å². The molecule has 0 unspecified atom stereocenters. The average molecular weight is 478 g/mol. The fourth-order valence-corrected chi connectivity index (χ4v) is 2.59. The van der Waals surface area contributed by atoms with E-state index >= 15 is 0 Å². The molecule has 1 amide bonds. The quantitative estimate of drug-likeness (QED) is 0.241. The van der Waals surface area contributed by atoms with Crippen molar-refractivity contribution in [2.75, 3.05) is 5.32 Å². The highest BCUT2D eigenvalue weighted by Crippen LogP contribution is 2.38. The smallest absolute Gasteiger partial charge is 0.422 e. The molecule has 0 fully saturated rings. The van der Waals surface area contributed by atoms with Gasteiger partial charge < -0.3 is 10.1 Å². The van der Waals surface area contributed by atoms with Crippen LogP contribution in [0.2, 0.25) is 0 Å². The minimum absolute atomic E-state index is 0.135. The largest absolute Gasteiger partial charge is 0.464 e. The standard InChI is InChI=1S/C18H9F7N4O4/c19-12-11(18(23,24)25)13(20)15(22)16(14(12)21)26-17(30)8-5-6-28(27-8)7-33-10-4-2-1-3-9(10)29(31)32/h1-6H,7H2,(H,26,30). The molecule has 0 saturated heterocycles. The number of amides is 1. The molecule has 0 bridgehead atoms. The Balaban J connectivity index is 1.79. The molecule has 15 heteroatoms. The number of benzene rings is 2. The van der Waals surface area contributed by atoms with Crippen molar-refractivity contribution in [2.45, 2.75) is 12.9 Å². The van der Waals surface area contributed by atoms with Gasteiger partial charge in [0.25, 0.3) is 5.91 Å². The van der Waals surface area contributed by atoms with Crippen molar-refractivity contribution in [3.8, 4) is 5.75 Å². The number of carbonyl (C=O) groups is 1. The number of aromatic nitrogens is 2. The van der Waals surface area contributed by atoms with Gasteiger partial charge in [0.2, 0.25) is 0 Å². The Morgan fingerprint density at radius 3 is 2.24 bits per heavy atom. The normalized spacial score (nSPS) is 11.4. The molecule has 1 aromatic heterocycles. The highest BCUT2D eigenvalue weighted by molar-refractivity contribution is 6.03. The summed E-state index contributed by atoms with van der Waals surface area (Å²) in [6.07, 6.45) is -4.62. The summed E-state index contributed by atoms with van der Waals surface area (Å²) < 4.78 is 99.2. The zero-order valence-corrected chi connectivity index (χ0v) is 15.8. The first-order valence-corrected chi connectivity index (χ1v) is 8.56. The maximum atomic E-state index is 13.9. The number of hydrogen-bond acceptors (Lipinski definition) is 5. The van der Waals surface area contributed by atoms with Crippen molar-refractivity contribution in [1.29, 1.82) is 0 Å². The van der Waals surface area contributed by atoms with Crippen LogP contribution in [0.15, 0.2) is 36.5 Å². The van der Waals surface area contributed by atoms with Crippen LogP contribution in [0.3, 0.4) is 0 Å². The van der Waals surface area contributed by atoms with E-state index < -0.39 is 64.0 Å². The van der Waals surface area contributed by atoms with Gasteiger partial charge in [0.1, 0.15) is 11.3 Å². The predicted molar refractivity (Wildman–Crippen MR) is 95.2 cm³/mol. The van der Waals surface area contributed by atoms with Crippen molar-refractivity contribution in [3.63, 3.8) is 0 Å². The van der Waals surface area contributed by atoms with Crippen LogP contribution in [0.4, 0.5) is 42.1 Å². The molecule has 3 aromatic rings. The first-order valence-electron chi connectivity index (χ1n) is 8.56. The molecule has 33 heavy (non-hydrogen) atoms. The highest BCUT2D eigenvalue weighted by Gasteiger charge is 2.42.